The topological polar surface area (TPSA) is 60.9 Å². The Morgan fingerprint density at radius 1 is 1.19 bits per heavy atom. The first-order valence-electron chi connectivity index (χ1n) is 9.22. The van der Waals surface area contributed by atoms with E-state index in [1.807, 2.05) is 6.92 Å². The van der Waals surface area contributed by atoms with Crippen LogP contribution in [0.15, 0.2) is 18.2 Å². The fourth-order valence-electron chi connectivity index (χ4n) is 3.67. The summed E-state index contributed by atoms with van der Waals surface area (Å²) in [6.07, 6.45) is 1.12. The number of halogens is 2. The van der Waals surface area contributed by atoms with Gasteiger partial charge in [-0.15, -0.1) is 0 Å². The number of rotatable bonds is 4. The van der Waals surface area contributed by atoms with Gasteiger partial charge < -0.3 is 14.7 Å². The first-order chi connectivity index (χ1) is 12.9. The molecule has 3 rings (SSSR count). The molecule has 0 aromatic heterocycles. The smallest absolute Gasteiger partial charge is 0.258 e. The average molecular weight is 396 g/mol. The Morgan fingerprint density at radius 3 is 2.48 bits per heavy atom. The van der Waals surface area contributed by atoms with E-state index in [0.29, 0.717) is 39.3 Å². The van der Waals surface area contributed by atoms with Gasteiger partial charge in [0.1, 0.15) is 5.82 Å². The number of carbonyl (C=O) groups is 3. The molecule has 2 saturated heterocycles. The summed E-state index contributed by atoms with van der Waals surface area (Å²) in [5.74, 6) is -1.44. The minimum absolute atomic E-state index is 0.0261. The highest BCUT2D eigenvalue weighted by Crippen LogP contribution is 2.23. The van der Waals surface area contributed by atoms with Crippen molar-refractivity contribution in [3.05, 3.63) is 34.6 Å². The third-order valence-corrected chi connectivity index (χ3v) is 5.43. The van der Waals surface area contributed by atoms with Gasteiger partial charge in [-0.25, -0.2) is 4.39 Å². The molecule has 3 amide bonds. The standard InChI is InChI=1S/C19H23ClFN3O3/c1-2-6-24-12-13(11-16(24)25)18(26)22-7-9-23(10-8-22)19(27)17-14(20)4-3-5-15(17)21/h3-5,13H,2,6-12H2,1H3. The summed E-state index contributed by atoms with van der Waals surface area (Å²) in [7, 11) is 0. The highest BCUT2D eigenvalue weighted by Gasteiger charge is 2.37. The van der Waals surface area contributed by atoms with Crippen LogP contribution < -0.4 is 0 Å². The SMILES string of the molecule is CCCN1CC(C(=O)N2CCN(C(=O)c3c(F)cccc3Cl)CC2)CC1=O. The molecule has 0 N–H and O–H groups in total. The van der Waals surface area contributed by atoms with Gasteiger partial charge in [0.2, 0.25) is 11.8 Å². The van der Waals surface area contributed by atoms with Crippen LogP contribution in [0.3, 0.4) is 0 Å². The van der Waals surface area contributed by atoms with E-state index >= 15 is 0 Å². The summed E-state index contributed by atoms with van der Waals surface area (Å²) in [5, 5.41) is 0.0824. The van der Waals surface area contributed by atoms with Crippen LogP contribution in [0.25, 0.3) is 0 Å². The second-order valence-electron chi connectivity index (χ2n) is 6.95. The zero-order valence-corrected chi connectivity index (χ0v) is 16.0. The molecule has 6 nitrogen and oxygen atoms in total. The number of hydrogen-bond donors (Lipinski definition) is 0. The molecule has 1 aromatic carbocycles. The molecule has 2 aliphatic rings. The van der Waals surface area contributed by atoms with E-state index in [9.17, 15) is 18.8 Å². The molecule has 0 aliphatic carbocycles. The van der Waals surface area contributed by atoms with Crippen LogP contribution in [0, 0.1) is 11.7 Å². The van der Waals surface area contributed by atoms with Crippen molar-refractivity contribution in [3.63, 3.8) is 0 Å². The maximum Gasteiger partial charge on any atom is 0.258 e. The van der Waals surface area contributed by atoms with Crippen LogP contribution in [-0.4, -0.2) is 71.7 Å². The van der Waals surface area contributed by atoms with Gasteiger partial charge in [-0.3, -0.25) is 14.4 Å². The summed E-state index contributed by atoms with van der Waals surface area (Å²) >= 11 is 5.97. The van der Waals surface area contributed by atoms with Crippen molar-refractivity contribution in [2.75, 3.05) is 39.3 Å². The molecule has 2 fully saturated rings. The molecule has 1 aromatic rings. The van der Waals surface area contributed by atoms with Crippen molar-refractivity contribution in [2.45, 2.75) is 19.8 Å². The van der Waals surface area contributed by atoms with E-state index < -0.39 is 11.7 Å². The number of nitrogens with zero attached hydrogens (tertiary/aromatic N) is 3. The second-order valence-corrected chi connectivity index (χ2v) is 7.36. The zero-order chi connectivity index (χ0) is 19.6. The number of hydrogen-bond acceptors (Lipinski definition) is 3. The maximum absolute atomic E-state index is 14.0. The zero-order valence-electron chi connectivity index (χ0n) is 15.3. The van der Waals surface area contributed by atoms with Crippen LogP contribution in [0.4, 0.5) is 4.39 Å². The van der Waals surface area contributed by atoms with E-state index in [2.05, 4.69) is 0 Å². The second kappa shape index (κ2) is 8.25. The van der Waals surface area contributed by atoms with Gasteiger partial charge in [0.25, 0.3) is 5.91 Å². The quantitative estimate of drug-likeness (QED) is 0.783. The minimum atomic E-state index is -0.647. The third-order valence-electron chi connectivity index (χ3n) is 5.11. The van der Waals surface area contributed by atoms with Gasteiger partial charge in [0.15, 0.2) is 0 Å². The molecule has 146 valence electrons. The first kappa shape index (κ1) is 19.6. The molecule has 8 heteroatoms. The van der Waals surface area contributed by atoms with Crippen LogP contribution >= 0.6 is 11.6 Å². The fraction of sp³-hybridized carbons (Fsp3) is 0.526. The monoisotopic (exact) mass is 395 g/mol. The van der Waals surface area contributed by atoms with Gasteiger partial charge in [-0.2, -0.15) is 0 Å². The van der Waals surface area contributed by atoms with Crippen LogP contribution in [0.1, 0.15) is 30.1 Å². The third kappa shape index (κ3) is 4.08. The molecule has 2 aliphatic heterocycles. The van der Waals surface area contributed by atoms with E-state index in [1.165, 1.54) is 23.1 Å². The fourth-order valence-corrected chi connectivity index (χ4v) is 3.92. The average Bonchev–Trinajstić information content (AvgIpc) is 3.02. The van der Waals surface area contributed by atoms with E-state index in [0.717, 1.165) is 6.42 Å². The maximum atomic E-state index is 14.0. The Kier molecular flexibility index (Phi) is 5.99. The minimum Gasteiger partial charge on any atom is -0.342 e. The predicted molar refractivity (Wildman–Crippen MR) is 98.9 cm³/mol. The van der Waals surface area contributed by atoms with Crippen molar-refractivity contribution in [1.82, 2.24) is 14.7 Å². The molecule has 0 saturated carbocycles. The normalized spacial score (nSPS) is 20.3. The van der Waals surface area contributed by atoms with Gasteiger partial charge in [0.05, 0.1) is 16.5 Å². The molecule has 27 heavy (non-hydrogen) atoms. The summed E-state index contributed by atoms with van der Waals surface area (Å²) in [4.78, 5) is 42.2. The Labute approximate surface area is 162 Å². The Bertz CT molecular complexity index is 729. The predicted octanol–water partition coefficient (Wildman–Crippen LogP) is 2.02. The Hall–Kier alpha value is -2.15. The van der Waals surface area contributed by atoms with Crippen LogP contribution in [-0.2, 0) is 9.59 Å². The molecule has 1 atom stereocenters. The summed E-state index contributed by atoms with van der Waals surface area (Å²) in [5.41, 5.74) is -0.129. The highest BCUT2D eigenvalue weighted by atomic mass is 35.5. The van der Waals surface area contributed by atoms with E-state index in [4.69, 9.17) is 11.6 Å². The lowest BCUT2D eigenvalue weighted by Gasteiger charge is -2.36. The molecule has 2 heterocycles. The summed E-state index contributed by atoms with van der Waals surface area (Å²) in [6.45, 7) is 4.51. The van der Waals surface area contributed by atoms with Gasteiger partial charge >= 0.3 is 0 Å². The van der Waals surface area contributed by atoms with Crippen molar-refractivity contribution in [3.8, 4) is 0 Å². The van der Waals surface area contributed by atoms with Gasteiger partial charge in [-0.1, -0.05) is 24.6 Å². The lowest BCUT2D eigenvalue weighted by molar-refractivity contribution is -0.137. The molecular weight excluding hydrogens is 373 g/mol. The summed E-state index contributed by atoms with van der Waals surface area (Å²) in [6, 6.07) is 4.14. The highest BCUT2D eigenvalue weighted by molar-refractivity contribution is 6.33. The Balaban J connectivity index is 1.58. The van der Waals surface area contributed by atoms with Crippen molar-refractivity contribution >= 4 is 29.3 Å². The first-order valence-corrected chi connectivity index (χ1v) is 9.60. The number of likely N-dealkylation sites (tertiary alicyclic amines) is 1. The van der Waals surface area contributed by atoms with E-state index in [-0.39, 0.29) is 34.7 Å². The molecule has 0 radical (unpaired) electrons. The van der Waals surface area contributed by atoms with Crippen molar-refractivity contribution < 1.29 is 18.8 Å². The van der Waals surface area contributed by atoms with Crippen molar-refractivity contribution in [1.29, 1.82) is 0 Å². The lowest BCUT2D eigenvalue weighted by Crippen LogP contribution is -2.52. The molecular formula is C19H23ClFN3O3. The van der Waals surface area contributed by atoms with Crippen LogP contribution in [0.5, 0.6) is 0 Å². The molecule has 1 unspecified atom stereocenters. The van der Waals surface area contributed by atoms with Gasteiger partial charge in [-0.05, 0) is 18.6 Å². The molecule has 0 spiro atoms. The number of piperazine rings is 1. The molecule has 0 bridgehead atoms. The van der Waals surface area contributed by atoms with Gasteiger partial charge in [0, 0.05) is 45.7 Å². The lowest BCUT2D eigenvalue weighted by atomic mass is 10.1. The van der Waals surface area contributed by atoms with Crippen molar-refractivity contribution in [2.24, 2.45) is 5.92 Å². The van der Waals surface area contributed by atoms with E-state index in [1.54, 1.807) is 9.80 Å². The largest absolute Gasteiger partial charge is 0.342 e. The Morgan fingerprint density at radius 2 is 1.85 bits per heavy atom. The number of benzene rings is 1. The summed E-state index contributed by atoms with van der Waals surface area (Å²) < 4.78 is 14.0. The van der Waals surface area contributed by atoms with Crippen LogP contribution in [0.2, 0.25) is 5.02 Å². The number of amides is 3. The number of carbonyl (C=O) groups excluding carboxylic acids is 3.